The molecule has 0 aliphatic rings. The third-order valence-corrected chi connectivity index (χ3v) is 7.07. The number of aromatic nitrogens is 4. The first-order valence-electron chi connectivity index (χ1n) is 8.49. The smallest absolute Gasteiger partial charge is 0.329 e. The summed E-state index contributed by atoms with van der Waals surface area (Å²) in [4.78, 5) is 19.7. The van der Waals surface area contributed by atoms with E-state index in [2.05, 4.69) is 24.0 Å². The van der Waals surface area contributed by atoms with Crippen molar-refractivity contribution in [3.05, 3.63) is 65.8 Å². The van der Waals surface area contributed by atoms with E-state index in [1.807, 2.05) is 0 Å². The van der Waals surface area contributed by atoms with Gasteiger partial charge in [0, 0.05) is 41.5 Å². The number of thiazole rings is 1. The minimum atomic E-state index is -4.72. The van der Waals surface area contributed by atoms with Crippen LogP contribution in [0.1, 0.15) is 16.2 Å². The molecule has 160 valence electrons. The predicted octanol–water partition coefficient (Wildman–Crippen LogP) is 4.30. The highest BCUT2D eigenvalue weighted by atomic mass is 32.2. The third-order valence-electron chi connectivity index (χ3n) is 4.02. The van der Waals surface area contributed by atoms with Crippen molar-refractivity contribution in [1.82, 2.24) is 19.7 Å². The zero-order valence-electron chi connectivity index (χ0n) is 15.6. The Balaban J connectivity index is 1.55. The van der Waals surface area contributed by atoms with E-state index in [1.54, 1.807) is 28.3 Å². The SMILES string of the molecule is CS(=O)(=NC(=O)c1ccn(-c2ccc(-c3noc(C(F)(F)F)n3)cc2)c1)c1nccs1. The van der Waals surface area contributed by atoms with Gasteiger partial charge in [0.15, 0.2) is 4.34 Å². The molecule has 0 fully saturated rings. The zero-order chi connectivity index (χ0) is 22.2. The summed E-state index contributed by atoms with van der Waals surface area (Å²) in [5.74, 6) is -2.26. The molecule has 0 saturated carbocycles. The van der Waals surface area contributed by atoms with E-state index in [9.17, 15) is 22.2 Å². The number of rotatable bonds is 4. The molecule has 4 aromatic rings. The van der Waals surface area contributed by atoms with Crippen molar-refractivity contribution < 1.29 is 26.7 Å². The van der Waals surface area contributed by atoms with Gasteiger partial charge in [0.1, 0.15) is 9.73 Å². The topological polar surface area (TPSA) is 103 Å². The molecule has 0 aliphatic carbocycles. The van der Waals surface area contributed by atoms with Crippen molar-refractivity contribution in [1.29, 1.82) is 0 Å². The normalized spacial score (nSPS) is 13.7. The number of hydrogen-bond donors (Lipinski definition) is 0. The van der Waals surface area contributed by atoms with Gasteiger partial charge in [-0.15, -0.1) is 11.3 Å². The molecule has 1 amide bonds. The van der Waals surface area contributed by atoms with E-state index >= 15 is 0 Å². The fourth-order valence-electron chi connectivity index (χ4n) is 2.57. The monoisotopic (exact) mass is 467 g/mol. The van der Waals surface area contributed by atoms with E-state index in [0.717, 1.165) is 11.3 Å². The molecule has 3 heterocycles. The van der Waals surface area contributed by atoms with Gasteiger partial charge in [0.2, 0.25) is 5.82 Å². The Hall–Kier alpha value is -3.32. The summed E-state index contributed by atoms with van der Waals surface area (Å²) >= 11 is 1.15. The maximum absolute atomic E-state index is 12.6. The van der Waals surface area contributed by atoms with Crippen LogP contribution < -0.4 is 0 Å². The van der Waals surface area contributed by atoms with Gasteiger partial charge in [-0.3, -0.25) is 4.79 Å². The highest BCUT2D eigenvalue weighted by Crippen LogP contribution is 2.29. The van der Waals surface area contributed by atoms with E-state index in [1.165, 1.54) is 36.8 Å². The molecule has 0 N–H and O–H groups in total. The van der Waals surface area contributed by atoms with E-state index < -0.39 is 27.7 Å². The number of amides is 1. The molecule has 0 spiro atoms. The Morgan fingerprint density at radius 1 is 1.23 bits per heavy atom. The lowest BCUT2D eigenvalue weighted by atomic mass is 10.2. The van der Waals surface area contributed by atoms with Gasteiger partial charge < -0.3 is 9.09 Å². The average Bonchev–Trinajstić information content (AvgIpc) is 3.49. The molecule has 1 atom stereocenters. The van der Waals surface area contributed by atoms with Crippen LogP contribution >= 0.6 is 11.3 Å². The van der Waals surface area contributed by atoms with E-state index in [-0.39, 0.29) is 15.7 Å². The number of halogens is 3. The van der Waals surface area contributed by atoms with E-state index in [4.69, 9.17) is 0 Å². The Morgan fingerprint density at radius 3 is 2.58 bits per heavy atom. The van der Waals surface area contributed by atoms with Gasteiger partial charge in [-0.25, -0.2) is 9.19 Å². The molecule has 4 rings (SSSR count). The summed E-state index contributed by atoms with van der Waals surface area (Å²) in [6.07, 6.45) is 1.23. The fourth-order valence-corrected chi connectivity index (χ4v) is 4.68. The molecule has 13 heteroatoms. The van der Waals surface area contributed by atoms with Crippen LogP contribution in [0.4, 0.5) is 13.2 Å². The number of carbonyl (C=O) groups is 1. The van der Waals surface area contributed by atoms with Crippen LogP contribution in [0.3, 0.4) is 0 Å². The Labute approximate surface area is 177 Å². The van der Waals surface area contributed by atoms with Crippen LogP contribution in [0.2, 0.25) is 0 Å². The van der Waals surface area contributed by atoms with Crippen molar-refractivity contribution >= 4 is 27.0 Å². The molecule has 0 saturated heterocycles. The summed E-state index contributed by atoms with van der Waals surface area (Å²) in [7, 11) is -2.94. The molecular formula is C18H12F3N5O3S2. The summed E-state index contributed by atoms with van der Waals surface area (Å²) in [6, 6.07) is 7.79. The highest BCUT2D eigenvalue weighted by molar-refractivity contribution is 7.95. The predicted molar refractivity (Wildman–Crippen MR) is 105 cm³/mol. The second-order valence-corrected chi connectivity index (χ2v) is 9.60. The molecular weight excluding hydrogens is 455 g/mol. The van der Waals surface area contributed by atoms with Crippen molar-refractivity contribution in [3.63, 3.8) is 0 Å². The minimum Gasteiger partial charge on any atom is -0.329 e. The molecule has 1 unspecified atom stereocenters. The van der Waals surface area contributed by atoms with Gasteiger partial charge in [-0.1, -0.05) is 5.16 Å². The number of hydrogen-bond acceptors (Lipinski definition) is 7. The first-order chi connectivity index (χ1) is 14.6. The lowest BCUT2D eigenvalue weighted by Crippen LogP contribution is -2.04. The zero-order valence-corrected chi connectivity index (χ0v) is 17.2. The van der Waals surface area contributed by atoms with Crippen LogP contribution in [0, 0.1) is 0 Å². The summed E-state index contributed by atoms with van der Waals surface area (Å²) in [6.45, 7) is 0. The minimum absolute atomic E-state index is 0.194. The van der Waals surface area contributed by atoms with E-state index in [0.29, 0.717) is 11.3 Å². The second kappa shape index (κ2) is 7.74. The van der Waals surface area contributed by atoms with Crippen molar-refractivity contribution in [2.75, 3.05) is 6.26 Å². The van der Waals surface area contributed by atoms with Crippen LogP contribution in [0.15, 0.2) is 67.5 Å². The van der Waals surface area contributed by atoms with Gasteiger partial charge in [0.25, 0.3) is 5.91 Å². The molecule has 0 radical (unpaired) electrons. The lowest BCUT2D eigenvalue weighted by molar-refractivity contribution is -0.159. The highest BCUT2D eigenvalue weighted by Gasteiger charge is 2.38. The average molecular weight is 467 g/mol. The lowest BCUT2D eigenvalue weighted by Gasteiger charge is -2.03. The van der Waals surface area contributed by atoms with Crippen molar-refractivity contribution in [2.24, 2.45) is 4.36 Å². The fraction of sp³-hybridized carbons (Fsp3) is 0.111. The van der Waals surface area contributed by atoms with Crippen LogP contribution in [0.25, 0.3) is 17.1 Å². The van der Waals surface area contributed by atoms with Gasteiger partial charge >= 0.3 is 12.1 Å². The van der Waals surface area contributed by atoms with Gasteiger partial charge in [0.05, 0.1) is 5.56 Å². The van der Waals surface area contributed by atoms with Crippen molar-refractivity contribution in [3.8, 4) is 17.1 Å². The van der Waals surface area contributed by atoms with Crippen LogP contribution in [-0.4, -0.2) is 36.1 Å². The second-order valence-electron chi connectivity index (χ2n) is 6.27. The van der Waals surface area contributed by atoms with Crippen LogP contribution in [0.5, 0.6) is 0 Å². The maximum atomic E-state index is 12.6. The number of alkyl halides is 3. The Kier molecular flexibility index (Phi) is 5.23. The molecule has 0 aliphatic heterocycles. The van der Waals surface area contributed by atoms with Crippen LogP contribution in [-0.2, 0) is 15.9 Å². The molecule has 1 aromatic carbocycles. The molecule has 31 heavy (non-hydrogen) atoms. The summed E-state index contributed by atoms with van der Waals surface area (Å²) < 4.78 is 60.3. The number of carbonyl (C=O) groups excluding carboxylic acids is 1. The first-order valence-corrected chi connectivity index (χ1v) is 11.3. The first kappa shape index (κ1) is 20.9. The van der Waals surface area contributed by atoms with Crippen molar-refractivity contribution in [2.45, 2.75) is 10.5 Å². The number of nitrogens with zero attached hydrogens (tertiary/aromatic N) is 5. The summed E-state index contributed by atoms with van der Waals surface area (Å²) in [5.41, 5.74) is 1.18. The Bertz CT molecular complexity index is 1350. The third kappa shape index (κ3) is 4.41. The molecule has 0 bridgehead atoms. The largest absolute Gasteiger partial charge is 0.471 e. The standard InChI is InChI=1S/C18H12F3N5O3S2/c1-31(28,17-22-7-9-30-17)25-15(27)12-6-8-26(10-12)13-4-2-11(3-5-13)14-23-16(29-24-14)18(19,20)21/h2-10H,1H3. The Morgan fingerprint density at radius 2 is 1.97 bits per heavy atom. The quantitative estimate of drug-likeness (QED) is 0.443. The number of benzene rings is 1. The molecule has 8 nitrogen and oxygen atoms in total. The maximum Gasteiger partial charge on any atom is 0.471 e. The van der Waals surface area contributed by atoms with Gasteiger partial charge in [-0.2, -0.15) is 22.5 Å². The summed E-state index contributed by atoms with van der Waals surface area (Å²) in [5, 5.41) is 4.99. The molecule has 3 aromatic heterocycles. The van der Waals surface area contributed by atoms with Gasteiger partial charge in [-0.05, 0) is 30.3 Å².